The summed E-state index contributed by atoms with van der Waals surface area (Å²) in [6, 6.07) is 0. The third-order valence-corrected chi connectivity index (χ3v) is 1.27. The van der Waals surface area contributed by atoms with E-state index in [1.54, 1.807) is 0 Å². The summed E-state index contributed by atoms with van der Waals surface area (Å²) in [5, 5.41) is 0. The number of rotatable bonds is 1. The summed E-state index contributed by atoms with van der Waals surface area (Å²) in [7, 11) is 0. The summed E-state index contributed by atoms with van der Waals surface area (Å²) in [5.41, 5.74) is 0. The summed E-state index contributed by atoms with van der Waals surface area (Å²) in [5.74, 6) is -0.146. The summed E-state index contributed by atoms with van der Waals surface area (Å²) in [6.07, 6.45) is 4.68. The molecule has 0 aliphatic rings. The van der Waals surface area contributed by atoms with Crippen LogP contribution in [0.5, 0.6) is 0 Å². The standard InChI is InChI=1S/C6H13.C4H7.V/c1-5(2)6(3)4;1-3-4-2;/h5-6H,1H2,2-4H3;3H,1-2H3;/q2*-1;+2/i6T;;. The first-order valence-electron chi connectivity index (χ1n) is 4.14. The third kappa shape index (κ3) is 25.2. The van der Waals surface area contributed by atoms with Crippen LogP contribution in [-0.2, 0) is 18.6 Å². The predicted molar refractivity (Wildman–Crippen MR) is 48.5 cm³/mol. The second-order valence-corrected chi connectivity index (χ2v) is 2.56. The molecule has 0 saturated carbocycles. The largest absolute Gasteiger partial charge is 2.00 e. The van der Waals surface area contributed by atoms with Gasteiger partial charge < -0.3 is 13.0 Å². The monoisotopic (exact) mass is 193 g/mol. The van der Waals surface area contributed by atoms with Crippen LogP contribution < -0.4 is 0 Å². The molecule has 1 heteroatoms. The van der Waals surface area contributed by atoms with Crippen molar-refractivity contribution in [3.8, 4) is 0 Å². The third-order valence-electron chi connectivity index (χ3n) is 1.27. The number of allylic oxidation sites excluding steroid dienone is 2. The van der Waals surface area contributed by atoms with Gasteiger partial charge >= 0.3 is 18.6 Å². The van der Waals surface area contributed by atoms with E-state index in [-0.39, 0.29) is 30.4 Å². The molecule has 1 unspecified atom stereocenters. The molecule has 0 N–H and O–H groups in total. The maximum absolute atomic E-state index is 7.32. The summed E-state index contributed by atoms with van der Waals surface area (Å²) < 4.78 is 7.32. The molecule has 0 saturated heterocycles. The molecule has 0 nitrogen and oxygen atoms in total. The quantitative estimate of drug-likeness (QED) is 0.559. The molecule has 0 aromatic rings. The molecule has 0 aromatic carbocycles. The molecule has 0 heterocycles. The van der Waals surface area contributed by atoms with E-state index in [1.165, 1.54) is 0 Å². The first-order valence-corrected chi connectivity index (χ1v) is 3.64. The molecular formula is C10H20V. The van der Waals surface area contributed by atoms with Crippen molar-refractivity contribution >= 4 is 0 Å². The molecule has 0 spiro atoms. The minimum Gasteiger partial charge on any atom is -0.504 e. The van der Waals surface area contributed by atoms with Crippen molar-refractivity contribution in [2.24, 2.45) is 11.8 Å². The fourth-order valence-electron chi connectivity index (χ4n) is 0. The van der Waals surface area contributed by atoms with Gasteiger partial charge in [-0.3, -0.25) is 6.08 Å². The van der Waals surface area contributed by atoms with Gasteiger partial charge in [0.25, 0.3) is 0 Å². The van der Waals surface area contributed by atoms with Gasteiger partial charge in [0.05, 0.1) is 0 Å². The first-order chi connectivity index (χ1) is 4.86. The molecule has 0 rings (SSSR count). The Morgan fingerprint density at radius 3 is 1.64 bits per heavy atom. The van der Waals surface area contributed by atoms with E-state index < -0.39 is 0 Å². The molecule has 0 aliphatic carbocycles. The Morgan fingerprint density at radius 2 is 1.64 bits per heavy atom. The van der Waals surface area contributed by atoms with E-state index in [0.717, 1.165) is 0 Å². The van der Waals surface area contributed by atoms with E-state index in [1.807, 2.05) is 40.7 Å². The van der Waals surface area contributed by atoms with E-state index >= 15 is 0 Å². The smallest absolute Gasteiger partial charge is 0.504 e. The average Bonchev–Trinajstić information content (AvgIpc) is 1.87. The van der Waals surface area contributed by atoms with Crippen molar-refractivity contribution in [2.45, 2.75) is 34.6 Å². The summed E-state index contributed by atoms with van der Waals surface area (Å²) in [4.78, 5) is 0. The topological polar surface area (TPSA) is 0 Å². The van der Waals surface area contributed by atoms with Crippen LogP contribution in [0.3, 0.4) is 0 Å². The van der Waals surface area contributed by atoms with E-state index in [9.17, 15) is 0 Å². The molecular weight excluding hydrogens is 171 g/mol. The van der Waals surface area contributed by atoms with E-state index in [4.69, 9.17) is 1.37 Å². The van der Waals surface area contributed by atoms with Gasteiger partial charge in [-0.25, -0.2) is 0 Å². The molecule has 1 atom stereocenters. The van der Waals surface area contributed by atoms with Crippen LogP contribution >= 0.6 is 0 Å². The van der Waals surface area contributed by atoms with Gasteiger partial charge in [-0.15, -0.1) is 0 Å². The maximum atomic E-state index is 7.32. The minimum atomic E-state index is -0.361. The van der Waals surface area contributed by atoms with E-state index in [2.05, 4.69) is 13.0 Å². The summed E-state index contributed by atoms with van der Waals surface area (Å²) >= 11 is 0. The molecule has 0 fully saturated rings. The minimum absolute atomic E-state index is 0. The van der Waals surface area contributed by atoms with Crippen molar-refractivity contribution < 1.29 is 19.9 Å². The summed E-state index contributed by atoms with van der Waals surface area (Å²) in [6.45, 7) is 13.2. The fourth-order valence-corrected chi connectivity index (χ4v) is 0. The predicted octanol–water partition coefficient (Wildman–Crippen LogP) is 3.50. The van der Waals surface area contributed by atoms with E-state index in [0.29, 0.717) is 0 Å². The second-order valence-electron chi connectivity index (χ2n) is 2.56. The number of hydrogen-bond acceptors (Lipinski definition) is 0. The van der Waals surface area contributed by atoms with Crippen LogP contribution in [0, 0.1) is 24.8 Å². The molecule has 65 valence electrons. The van der Waals surface area contributed by atoms with Gasteiger partial charge in [-0.1, -0.05) is 33.6 Å². The van der Waals surface area contributed by atoms with Gasteiger partial charge in [0.15, 0.2) is 0 Å². The van der Waals surface area contributed by atoms with Crippen LogP contribution in [-0.4, -0.2) is 0 Å². The molecule has 11 heavy (non-hydrogen) atoms. The Morgan fingerprint density at radius 1 is 1.45 bits per heavy atom. The average molecular weight is 193 g/mol. The normalized spacial score (nSPS) is 14.2. The maximum Gasteiger partial charge on any atom is 2.00 e. The van der Waals surface area contributed by atoms with Crippen LogP contribution in [0.15, 0.2) is 6.08 Å². The zero-order chi connectivity index (χ0) is 9.49. The van der Waals surface area contributed by atoms with Crippen LogP contribution in [0.2, 0.25) is 0 Å². The molecule has 0 aromatic heterocycles. The molecule has 0 aliphatic heterocycles. The van der Waals surface area contributed by atoms with Gasteiger partial charge in [-0.2, -0.15) is 12.8 Å². The SMILES string of the molecule is C[C-]=CC.[3H]C(C)(C)C([CH2-])C.[V+2]. The van der Waals surface area contributed by atoms with Gasteiger partial charge in [0.1, 0.15) is 0 Å². The van der Waals surface area contributed by atoms with Crippen LogP contribution in [0.1, 0.15) is 36.0 Å². The Kier molecular flexibility index (Phi) is 16.3. The Labute approximate surface area is 85.8 Å². The van der Waals surface area contributed by atoms with Gasteiger partial charge in [-0.05, 0) is 0 Å². The van der Waals surface area contributed by atoms with Crippen molar-refractivity contribution in [3.05, 3.63) is 19.1 Å². The van der Waals surface area contributed by atoms with Crippen LogP contribution in [0.25, 0.3) is 0 Å². The van der Waals surface area contributed by atoms with Crippen molar-refractivity contribution in [1.29, 1.82) is 0 Å². The van der Waals surface area contributed by atoms with Crippen molar-refractivity contribution in [1.82, 2.24) is 0 Å². The molecule has 0 amide bonds. The fraction of sp³-hybridized carbons (Fsp3) is 0.700. The molecule has 1 radical (unpaired) electrons. The van der Waals surface area contributed by atoms with Crippen molar-refractivity contribution in [2.75, 3.05) is 0 Å². The number of hydrogen-bond donors (Lipinski definition) is 0. The van der Waals surface area contributed by atoms with Gasteiger partial charge in [0.2, 0.25) is 0 Å². The van der Waals surface area contributed by atoms with Crippen molar-refractivity contribution in [3.63, 3.8) is 0 Å². The first kappa shape index (κ1) is 13.9. The zero-order valence-corrected chi connectivity index (χ0v) is 9.71. The Hall–Kier alpha value is 0.324. The van der Waals surface area contributed by atoms with Gasteiger partial charge in [0, 0.05) is 1.37 Å². The second kappa shape index (κ2) is 13.0. The zero-order valence-electron chi connectivity index (χ0n) is 9.31. The Balaban J connectivity index is -0.000000142. The molecule has 0 bridgehead atoms. The Bertz CT molecular complexity index is 96.9. The van der Waals surface area contributed by atoms with Crippen LogP contribution in [0.4, 0.5) is 0 Å².